The van der Waals surface area contributed by atoms with Gasteiger partial charge in [0, 0.05) is 6.08 Å². The van der Waals surface area contributed by atoms with Crippen molar-refractivity contribution in [3.63, 3.8) is 0 Å². The maximum Gasteiger partial charge on any atom is 0.330 e. The van der Waals surface area contributed by atoms with Gasteiger partial charge in [-0.25, -0.2) is 4.79 Å². The Bertz CT molecular complexity index is 501. The van der Waals surface area contributed by atoms with Crippen LogP contribution in [0.25, 0.3) is 6.08 Å². The molecule has 3 unspecified atom stereocenters. The Morgan fingerprint density at radius 1 is 1.21 bits per heavy atom. The molecule has 2 aliphatic rings. The van der Waals surface area contributed by atoms with E-state index in [9.17, 15) is 4.79 Å². The van der Waals surface area contributed by atoms with Crippen LogP contribution >= 0.6 is 0 Å². The number of esters is 1. The highest BCUT2D eigenvalue weighted by Gasteiger charge is 2.35. The number of carbonyl (C=O) groups is 1. The number of hydrogen-bond acceptors (Lipinski definition) is 2. The van der Waals surface area contributed by atoms with E-state index in [2.05, 4.69) is 12.2 Å². The van der Waals surface area contributed by atoms with E-state index in [1.54, 1.807) is 6.08 Å². The van der Waals surface area contributed by atoms with Crippen molar-refractivity contribution in [2.24, 2.45) is 17.8 Å². The summed E-state index contributed by atoms with van der Waals surface area (Å²) in [6.07, 6.45) is 10.3. The smallest absolute Gasteiger partial charge is 0.330 e. The van der Waals surface area contributed by atoms with E-state index >= 15 is 0 Å². The van der Waals surface area contributed by atoms with Gasteiger partial charge in [-0.1, -0.05) is 42.5 Å². The molecule has 2 nitrogen and oxygen atoms in total. The van der Waals surface area contributed by atoms with Gasteiger partial charge in [-0.3, -0.25) is 0 Å². The maximum absolute atomic E-state index is 11.7. The standard InChI is InChI=1S/C17H18O2/c18-17(9-7-13-4-2-1-3-5-13)19-12-16-11-14-6-8-15(16)10-14/h1-9,14-16H,10-12H2/b9-7+. The first-order valence-electron chi connectivity index (χ1n) is 6.89. The van der Waals surface area contributed by atoms with Gasteiger partial charge in [-0.15, -0.1) is 0 Å². The van der Waals surface area contributed by atoms with Crippen LogP contribution in [-0.4, -0.2) is 12.6 Å². The van der Waals surface area contributed by atoms with Gasteiger partial charge in [-0.2, -0.15) is 0 Å². The molecule has 0 amide bonds. The van der Waals surface area contributed by atoms with Gasteiger partial charge in [0.1, 0.15) is 0 Å². The lowest BCUT2D eigenvalue weighted by Crippen LogP contribution is -2.16. The van der Waals surface area contributed by atoms with Crippen LogP contribution in [0.3, 0.4) is 0 Å². The summed E-state index contributed by atoms with van der Waals surface area (Å²) in [4.78, 5) is 11.7. The molecule has 0 aliphatic heterocycles. The van der Waals surface area contributed by atoms with E-state index in [0.29, 0.717) is 18.4 Å². The topological polar surface area (TPSA) is 26.3 Å². The summed E-state index contributed by atoms with van der Waals surface area (Å²) in [6.45, 7) is 0.559. The van der Waals surface area contributed by atoms with E-state index in [1.165, 1.54) is 18.9 Å². The quantitative estimate of drug-likeness (QED) is 0.467. The molecule has 98 valence electrons. The van der Waals surface area contributed by atoms with Crippen LogP contribution < -0.4 is 0 Å². The molecule has 1 aromatic carbocycles. The third-order valence-corrected chi connectivity index (χ3v) is 4.07. The SMILES string of the molecule is O=C(/C=C/c1ccccc1)OCC1CC2C=CC1C2. The third kappa shape index (κ3) is 2.95. The van der Waals surface area contributed by atoms with Crippen LogP contribution in [0, 0.1) is 17.8 Å². The molecule has 0 saturated heterocycles. The molecule has 0 N–H and O–H groups in total. The average molecular weight is 254 g/mol. The second kappa shape index (κ2) is 5.43. The lowest BCUT2D eigenvalue weighted by Gasteiger charge is -2.17. The van der Waals surface area contributed by atoms with Crippen LogP contribution in [-0.2, 0) is 9.53 Å². The second-order valence-corrected chi connectivity index (χ2v) is 5.41. The summed E-state index contributed by atoms with van der Waals surface area (Å²) >= 11 is 0. The number of fused-ring (bicyclic) bond motifs is 2. The molecule has 0 heterocycles. The Morgan fingerprint density at radius 3 is 2.74 bits per heavy atom. The van der Waals surface area contributed by atoms with Crippen molar-refractivity contribution in [3.8, 4) is 0 Å². The first kappa shape index (κ1) is 12.2. The number of hydrogen-bond donors (Lipinski definition) is 0. The Labute approximate surface area is 113 Å². The molecule has 2 aliphatic carbocycles. The molecule has 1 saturated carbocycles. The van der Waals surface area contributed by atoms with Crippen molar-refractivity contribution in [3.05, 3.63) is 54.1 Å². The summed E-state index contributed by atoms with van der Waals surface area (Å²) in [5, 5.41) is 0. The van der Waals surface area contributed by atoms with Crippen molar-refractivity contribution in [1.82, 2.24) is 0 Å². The highest BCUT2D eigenvalue weighted by molar-refractivity contribution is 5.87. The minimum absolute atomic E-state index is 0.240. The zero-order chi connectivity index (χ0) is 13.1. The fraction of sp³-hybridized carbons (Fsp3) is 0.353. The van der Waals surface area contributed by atoms with Crippen LogP contribution in [0.1, 0.15) is 18.4 Å². The Balaban J connectivity index is 1.47. The van der Waals surface area contributed by atoms with Gasteiger partial charge in [0.05, 0.1) is 6.61 Å². The number of allylic oxidation sites excluding steroid dienone is 2. The minimum atomic E-state index is -0.240. The van der Waals surface area contributed by atoms with E-state index in [-0.39, 0.29) is 5.97 Å². The van der Waals surface area contributed by atoms with E-state index < -0.39 is 0 Å². The lowest BCUT2D eigenvalue weighted by molar-refractivity contribution is -0.139. The summed E-state index contributed by atoms with van der Waals surface area (Å²) in [5.41, 5.74) is 1.02. The van der Waals surface area contributed by atoms with Gasteiger partial charge >= 0.3 is 5.97 Å². The number of rotatable bonds is 4. The van der Waals surface area contributed by atoms with Gasteiger partial charge in [0.15, 0.2) is 0 Å². The monoisotopic (exact) mass is 254 g/mol. The van der Waals surface area contributed by atoms with Crippen LogP contribution in [0.2, 0.25) is 0 Å². The molecule has 1 aromatic rings. The largest absolute Gasteiger partial charge is 0.462 e. The Morgan fingerprint density at radius 2 is 2.05 bits per heavy atom. The predicted molar refractivity (Wildman–Crippen MR) is 75.3 cm³/mol. The molecule has 2 heteroatoms. The minimum Gasteiger partial charge on any atom is -0.462 e. The summed E-state index contributed by atoms with van der Waals surface area (Å²) < 4.78 is 5.34. The van der Waals surface area contributed by atoms with Gasteiger partial charge in [-0.05, 0) is 42.2 Å². The zero-order valence-electron chi connectivity index (χ0n) is 10.9. The molecule has 0 spiro atoms. The predicted octanol–water partition coefficient (Wildman–Crippen LogP) is 3.46. The molecule has 0 aromatic heterocycles. The van der Waals surface area contributed by atoms with Gasteiger partial charge < -0.3 is 4.74 Å². The van der Waals surface area contributed by atoms with Crippen molar-refractivity contribution in [2.45, 2.75) is 12.8 Å². The first-order chi connectivity index (χ1) is 9.31. The fourth-order valence-electron chi connectivity index (χ4n) is 3.05. The van der Waals surface area contributed by atoms with Crippen molar-refractivity contribution >= 4 is 12.0 Å². The summed E-state index contributed by atoms with van der Waals surface area (Å²) in [5.74, 6) is 1.66. The van der Waals surface area contributed by atoms with Gasteiger partial charge in [0.2, 0.25) is 0 Å². The zero-order valence-corrected chi connectivity index (χ0v) is 10.9. The van der Waals surface area contributed by atoms with E-state index in [1.807, 2.05) is 30.3 Å². The van der Waals surface area contributed by atoms with Crippen molar-refractivity contribution in [1.29, 1.82) is 0 Å². The number of benzene rings is 1. The average Bonchev–Trinajstić information content (AvgIpc) is 3.06. The second-order valence-electron chi connectivity index (χ2n) is 5.41. The van der Waals surface area contributed by atoms with Crippen LogP contribution in [0.5, 0.6) is 0 Å². The highest BCUT2D eigenvalue weighted by Crippen LogP contribution is 2.43. The Hall–Kier alpha value is -1.83. The van der Waals surface area contributed by atoms with Crippen LogP contribution in [0.4, 0.5) is 0 Å². The first-order valence-corrected chi connectivity index (χ1v) is 6.89. The van der Waals surface area contributed by atoms with E-state index in [4.69, 9.17) is 4.74 Å². The molecule has 0 radical (unpaired) electrons. The summed E-state index contributed by atoms with van der Waals surface area (Å²) in [6, 6.07) is 9.78. The normalized spacial score (nSPS) is 28.1. The van der Waals surface area contributed by atoms with Gasteiger partial charge in [0.25, 0.3) is 0 Å². The number of carbonyl (C=O) groups excluding carboxylic acids is 1. The Kier molecular flexibility index (Phi) is 3.49. The fourth-order valence-corrected chi connectivity index (χ4v) is 3.05. The molecule has 3 rings (SSSR count). The van der Waals surface area contributed by atoms with E-state index in [0.717, 1.165) is 11.5 Å². The summed E-state index contributed by atoms with van der Waals surface area (Å²) in [7, 11) is 0. The molecular formula is C17H18O2. The molecule has 19 heavy (non-hydrogen) atoms. The molecule has 3 atom stereocenters. The molecule has 1 fully saturated rings. The van der Waals surface area contributed by atoms with Crippen molar-refractivity contribution in [2.75, 3.05) is 6.61 Å². The van der Waals surface area contributed by atoms with Crippen molar-refractivity contribution < 1.29 is 9.53 Å². The molecular weight excluding hydrogens is 236 g/mol. The maximum atomic E-state index is 11.7. The van der Waals surface area contributed by atoms with Crippen LogP contribution in [0.15, 0.2) is 48.6 Å². The number of ether oxygens (including phenoxy) is 1. The lowest BCUT2D eigenvalue weighted by atomic mass is 9.95. The highest BCUT2D eigenvalue weighted by atomic mass is 16.5. The molecule has 2 bridgehead atoms. The third-order valence-electron chi connectivity index (χ3n) is 4.07.